The lowest BCUT2D eigenvalue weighted by molar-refractivity contribution is -0.384. The van der Waals surface area contributed by atoms with Crippen molar-refractivity contribution < 1.29 is 9.72 Å². The largest absolute Gasteiger partial charge is 0.383 e. The highest BCUT2D eigenvalue weighted by Gasteiger charge is 2.27. The summed E-state index contributed by atoms with van der Waals surface area (Å²) < 4.78 is 0. The number of carbonyl (C=O) groups excluding carboxylic acids is 1. The predicted molar refractivity (Wildman–Crippen MR) is 77.0 cm³/mol. The average molecular weight is 277 g/mol. The molecule has 20 heavy (non-hydrogen) atoms. The van der Waals surface area contributed by atoms with Crippen molar-refractivity contribution in [3.8, 4) is 0 Å². The minimum atomic E-state index is -0.489. The summed E-state index contributed by atoms with van der Waals surface area (Å²) in [7, 11) is 1.61. The molecule has 0 unspecified atom stereocenters. The van der Waals surface area contributed by atoms with Crippen molar-refractivity contribution >= 4 is 17.3 Å². The zero-order valence-electron chi connectivity index (χ0n) is 11.6. The van der Waals surface area contributed by atoms with Gasteiger partial charge >= 0.3 is 5.69 Å². The molecule has 1 fully saturated rings. The van der Waals surface area contributed by atoms with Gasteiger partial charge in [-0.3, -0.25) is 14.9 Å². The van der Waals surface area contributed by atoms with E-state index in [4.69, 9.17) is 0 Å². The van der Waals surface area contributed by atoms with Gasteiger partial charge in [0.1, 0.15) is 11.3 Å². The maximum atomic E-state index is 12.5. The van der Waals surface area contributed by atoms with Crippen molar-refractivity contribution in [3.05, 3.63) is 33.9 Å². The van der Waals surface area contributed by atoms with Gasteiger partial charge in [0.25, 0.3) is 5.91 Å². The van der Waals surface area contributed by atoms with Gasteiger partial charge in [0.05, 0.1) is 4.92 Å². The number of likely N-dealkylation sites (tertiary alicyclic amines) is 1. The van der Waals surface area contributed by atoms with Crippen molar-refractivity contribution in [2.45, 2.75) is 25.7 Å². The molecule has 108 valence electrons. The third kappa shape index (κ3) is 2.89. The van der Waals surface area contributed by atoms with Crippen molar-refractivity contribution in [2.24, 2.45) is 0 Å². The quantitative estimate of drug-likeness (QED) is 0.680. The molecule has 1 aliphatic heterocycles. The molecule has 1 aromatic carbocycles. The van der Waals surface area contributed by atoms with E-state index in [2.05, 4.69) is 5.32 Å². The molecule has 1 heterocycles. The summed E-state index contributed by atoms with van der Waals surface area (Å²) in [5.74, 6) is -0.240. The highest BCUT2D eigenvalue weighted by atomic mass is 16.6. The lowest BCUT2D eigenvalue weighted by Gasteiger charge is -2.20. The minimum absolute atomic E-state index is 0.135. The number of amides is 1. The zero-order chi connectivity index (χ0) is 14.5. The first kappa shape index (κ1) is 14.3. The van der Waals surface area contributed by atoms with Crippen molar-refractivity contribution in [3.63, 3.8) is 0 Å². The Kier molecular flexibility index (Phi) is 4.55. The van der Waals surface area contributed by atoms with E-state index >= 15 is 0 Å². The lowest BCUT2D eigenvalue weighted by Crippen LogP contribution is -2.32. The van der Waals surface area contributed by atoms with Gasteiger partial charge in [-0.15, -0.1) is 0 Å². The van der Waals surface area contributed by atoms with Crippen LogP contribution in [0.1, 0.15) is 36.0 Å². The van der Waals surface area contributed by atoms with Crippen molar-refractivity contribution in [1.82, 2.24) is 4.90 Å². The van der Waals surface area contributed by atoms with Crippen LogP contribution in [0.3, 0.4) is 0 Å². The maximum Gasteiger partial charge on any atom is 0.305 e. The Balaban J connectivity index is 2.35. The van der Waals surface area contributed by atoms with Crippen LogP contribution in [0.2, 0.25) is 0 Å². The van der Waals surface area contributed by atoms with Crippen molar-refractivity contribution in [1.29, 1.82) is 0 Å². The van der Waals surface area contributed by atoms with Crippen LogP contribution in [-0.4, -0.2) is 35.9 Å². The van der Waals surface area contributed by atoms with E-state index < -0.39 is 4.92 Å². The second-order valence-electron chi connectivity index (χ2n) is 4.92. The average Bonchev–Trinajstić information content (AvgIpc) is 2.74. The van der Waals surface area contributed by atoms with Crippen LogP contribution >= 0.6 is 0 Å². The van der Waals surface area contributed by atoms with Crippen LogP contribution < -0.4 is 5.32 Å². The molecule has 0 radical (unpaired) electrons. The van der Waals surface area contributed by atoms with E-state index in [1.54, 1.807) is 24.1 Å². The SMILES string of the molecule is CNc1cccc(C(=O)N2CCCCCC2)c1[N+](=O)[O-]. The van der Waals surface area contributed by atoms with E-state index in [0.717, 1.165) is 25.7 Å². The van der Waals surface area contributed by atoms with Crippen LogP contribution in [0, 0.1) is 10.1 Å². The van der Waals surface area contributed by atoms with Crippen LogP contribution in [0.4, 0.5) is 11.4 Å². The number of rotatable bonds is 3. The Hall–Kier alpha value is -2.11. The van der Waals surface area contributed by atoms with Crippen molar-refractivity contribution in [2.75, 3.05) is 25.5 Å². The number of nitrogens with zero attached hydrogens (tertiary/aromatic N) is 2. The van der Waals surface area contributed by atoms with Crippen LogP contribution in [0.15, 0.2) is 18.2 Å². The summed E-state index contributed by atoms with van der Waals surface area (Å²) in [5.41, 5.74) is 0.406. The summed E-state index contributed by atoms with van der Waals surface area (Å²) in [6, 6.07) is 4.81. The number of carbonyl (C=O) groups is 1. The summed E-state index contributed by atoms with van der Waals surface area (Å²) in [6.07, 6.45) is 4.15. The third-order valence-corrected chi connectivity index (χ3v) is 3.61. The lowest BCUT2D eigenvalue weighted by atomic mass is 10.1. The molecule has 0 atom stereocenters. The van der Waals surface area contributed by atoms with Gasteiger partial charge in [0.2, 0.25) is 0 Å². The molecule has 0 aromatic heterocycles. The van der Waals surface area contributed by atoms with E-state index in [1.165, 1.54) is 6.07 Å². The first-order chi connectivity index (χ1) is 9.65. The van der Waals surface area contributed by atoms with Crippen LogP contribution in [0.25, 0.3) is 0 Å². The van der Waals surface area contributed by atoms with Gasteiger partial charge < -0.3 is 10.2 Å². The highest BCUT2D eigenvalue weighted by molar-refractivity contribution is 6.00. The molecule has 2 rings (SSSR count). The molecular weight excluding hydrogens is 258 g/mol. The van der Waals surface area contributed by atoms with Gasteiger partial charge in [-0.05, 0) is 25.0 Å². The fraction of sp³-hybridized carbons (Fsp3) is 0.500. The van der Waals surface area contributed by atoms with Gasteiger partial charge in [0, 0.05) is 20.1 Å². The Morgan fingerprint density at radius 2 is 1.90 bits per heavy atom. The Morgan fingerprint density at radius 1 is 1.25 bits per heavy atom. The maximum absolute atomic E-state index is 12.5. The Bertz CT molecular complexity index is 508. The van der Waals surface area contributed by atoms with Crippen LogP contribution in [-0.2, 0) is 0 Å². The molecule has 0 aliphatic carbocycles. The molecular formula is C14H19N3O3. The summed E-state index contributed by atoms with van der Waals surface area (Å²) >= 11 is 0. The Labute approximate surface area is 117 Å². The summed E-state index contributed by atoms with van der Waals surface area (Å²) in [4.78, 5) is 25.0. The number of para-hydroxylation sites is 1. The first-order valence-electron chi connectivity index (χ1n) is 6.89. The molecule has 6 heteroatoms. The van der Waals surface area contributed by atoms with E-state index in [1.807, 2.05) is 0 Å². The molecule has 1 saturated heterocycles. The molecule has 1 amide bonds. The van der Waals surface area contributed by atoms with Gasteiger partial charge in [-0.1, -0.05) is 18.9 Å². The van der Waals surface area contributed by atoms with Crippen LogP contribution in [0.5, 0.6) is 0 Å². The van der Waals surface area contributed by atoms with E-state index in [0.29, 0.717) is 18.8 Å². The number of nitro groups is 1. The Morgan fingerprint density at radius 3 is 2.45 bits per heavy atom. The van der Waals surface area contributed by atoms with E-state index in [9.17, 15) is 14.9 Å². The second-order valence-corrected chi connectivity index (χ2v) is 4.92. The smallest absolute Gasteiger partial charge is 0.305 e. The number of anilines is 1. The molecule has 0 spiro atoms. The van der Waals surface area contributed by atoms with Gasteiger partial charge in [-0.2, -0.15) is 0 Å². The summed E-state index contributed by atoms with van der Waals surface area (Å²) in [6.45, 7) is 1.36. The normalized spacial score (nSPS) is 15.6. The molecule has 0 bridgehead atoms. The number of hydrogen-bond acceptors (Lipinski definition) is 4. The topological polar surface area (TPSA) is 75.5 Å². The fourth-order valence-electron chi connectivity index (χ4n) is 2.56. The molecule has 0 saturated carbocycles. The minimum Gasteiger partial charge on any atom is -0.383 e. The number of nitro benzene ring substituents is 1. The molecule has 1 aromatic rings. The second kappa shape index (κ2) is 6.36. The van der Waals surface area contributed by atoms with Gasteiger partial charge in [-0.25, -0.2) is 0 Å². The highest BCUT2D eigenvalue weighted by Crippen LogP contribution is 2.29. The standard InChI is InChI=1S/C14H19N3O3/c1-15-12-8-6-7-11(13(12)17(19)20)14(18)16-9-4-2-3-5-10-16/h6-8,15H,2-5,9-10H2,1H3. The zero-order valence-corrected chi connectivity index (χ0v) is 11.6. The monoisotopic (exact) mass is 277 g/mol. The van der Waals surface area contributed by atoms with Gasteiger partial charge in [0.15, 0.2) is 0 Å². The molecule has 6 nitrogen and oxygen atoms in total. The number of hydrogen-bond donors (Lipinski definition) is 1. The fourth-order valence-corrected chi connectivity index (χ4v) is 2.56. The number of nitrogens with one attached hydrogen (secondary N) is 1. The van der Waals surface area contributed by atoms with E-state index in [-0.39, 0.29) is 17.2 Å². The predicted octanol–water partition coefficient (Wildman–Crippen LogP) is 2.65. The number of benzene rings is 1. The third-order valence-electron chi connectivity index (χ3n) is 3.61. The summed E-state index contributed by atoms with van der Waals surface area (Å²) in [5, 5.41) is 14.0. The first-order valence-corrected chi connectivity index (χ1v) is 6.89. The molecule has 1 aliphatic rings. The molecule has 1 N–H and O–H groups in total.